The van der Waals surface area contributed by atoms with Crippen molar-refractivity contribution in [3.8, 4) is 0 Å². The number of aliphatic carboxylic acids is 1. The normalized spacial score (nSPS) is 13.8. The zero-order valence-corrected chi connectivity index (χ0v) is 11.0. The number of hydrogen-bond donors (Lipinski definition) is 1. The molecule has 1 rings (SSSR count). The van der Waals surface area contributed by atoms with E-state index in [0.29, 0.717) is 5.57 Å². The number of carboxylic acids is 1. The molecule has 0 aliphatic rings. The topological polar surface area (TPSA) is 37.3 Å². The molecule has 1 aromatic rings. The lowest BCUT2D eigenvalue weighted by Gasteiger charge is -2.05. The number of allylic oxidation sites excluding steroid dienone is 5. The van der Waals surface area contributed by atoms with Gasteiger partial charge in [-0.2, -0.15) is 0 Å². The van der Waals surface area contributed by atoms with Crippen LogP contribution in [-0.2, 0) is 4.79 Å². The first kappa shape index (κ1) is 14.7. The molecule has 0 spiro atoms. The van der Waals surface area contributed by atoms with E-state index >= 15 is 0 Å². The maximum absolute atomic E-state index is 11.2. The molecule has 1 unspecified atom stereocenters. The smallest absolute Gasteiger partial charge is 0.332 e. The minimum absolute atomic E-state index is 0.157. The second kappa shape index (κ2) is 7.88. The zero-order valence-electron chi connectivity index (χ0n) is 11.0. The average Bonchev–Trinajstić information content (AvgIpc) is 2.41. The molecule has 0 heterocycles. The molecule has 2 heteroatoms. The van der Waals surface area contributed by atoms with Crippen molar-refractivity contribution in [3.05, 3.63) is 78.4 Å². The van der Waals surface area contributed by atoms with Crippen LogP contribution in [0, 0.1) is 5.92 Å². The number of carbonyl (C=O) groups is 1. The van der Waals surface area contributed by atoms with Gasteiger partial charge in [0.05, 0.1) is 0 Å². The molecule has 0 bridgehead atoms. The Hall–Kier alpha value is -2.35. The lowest BCUT2D eigenvalue weighted by molar-refractivity contribution is -0.133. The van der Waals surface area contributed by atoms with Crippen molar-refractivity contribution < 1.29 is 9.90 Å². The molecule has 98 valence electrons. The highest BCUT2D eigenvalue weighted by atomic mass is 16.4. The van der Waals surface area contributed by atoms with Crippen LogP contribution in [0.5, 0.6) is 0 Å². The molecular formula is C17H18O2. The van der Waals surface area contributed by atoms with Gasteiger partial charge in [0.1, 0.15) is 0 Å². The third kappa shape index (κ3) is 5.21. The summed E-state index contributed by atoms with van der Waals surface area (Å²) in [6.45, 7) is 5.41. The van der Waals surface area contributed by atoms with Gasteiger partial charge in [-0.3, -0.25) is 0 Å². The van der Waals surface area contributed by atoms with Gasteiger partial charge in [0.2, 0.25) is 0 Å². The highest BCUT2D eigenvalue weighted by Gasteiger charge is 2.11. The maximum atomic E-state index is 11.2. The highest BCUT2D eigenvalue weighted by Crippen LogP contribution is 2.13. The summed E-state index contributed by atoms with van der Waals surface area (Å²) in [4.78, 5) is 11.2. The van der Waals surface area contributed by atoms with Crippen molar-refractivity contribution in [1.29, 1.82) is 0 Å². The molecule has 0 fully saturated rings. The summed E-state index contributed by atoms with van der Waals surface area (Å²) in [7, 11) is 0. The first-order valence-corrected chi connectivity index (χ1v) is 6.11. The minimum atomic E-state index is -0.904. The molecule has 0 saturated carbocycles. The maximum Gasteiger partial charge on any atom is 0.332 e. The Morgan fingerprint density at radius 3 is 2.53 bits per heavy atom. The zero-order chi connectivity index (χ0) is 14.1. The van der Waals surface area contributed by atoms with Crippen molar-refractivity contribution in [2.24, 2.45) is 5.92 Å². The molecular weight excluding hydrogens is 236 g/mol. The first-order valence-electron chi connectivity index (χ1n) is 6.11. The van der Waals surface area contributed by atoms with Gasteiger partial charge in [-0.1, -0.05) is 80.3 Å². The predicted molar refractivity (Wildman–Crippen MR) is 79.7 cm³/mol. The second-order valence-corrected chi connectivity index (χ2v) is 4.11. The fraction of sp³-hybridized carbons (Fsp3) is 0.118. The summed E-state index contributed by atoms with van der Waals surface area (Å²) in [5.74, 6) is -1.06. The van der Waals surface area contributed by atoms with Crippen LogP contribution < -0.4 is 0 Å². The number of hydrogen-bond acceptors (Lipinski definition) is 1. The van der Waals surface area contributed by atoms with Crippen LogP contribution in [0.25, 0.3) is 6.08 Å². The summed E-state index contributed by atoms with van der Waals surface area (Å²) < 4.78 is 0. The van der Waals surface area contributed by atoms with Gasteiger partial charge < -0.3 is 5.11 Å². The van der Waals surface area contributed by atoms with Gasteiger partial charge in [-0.05, 0) is 5.56 Å². The van der Waals surface area contributed by atoms with E-state index in [-0.39, 0.29) is 5.92 Å². The third-order valence-corrected chi connectivity index (χ3v) is 2.64. The van der Waals surface area contributed by atoms with E-state index in [4.69, 9.17) is 0 Å². The van der Waals surface area contributed by atoms with E-state index in [1.165, 1.54) is 0 Å². The van der Waals surface area contributed by atoms with Crippen molar-refractivity contribution >= 4 is 12.0 Å². The van der Waals surface area contributed by atoms with E-state index in [1.54, 1.807) is 24.3 Å². The third-order valence-electron chi connectivity index (χ3n) is 2.64. The molecule has 1 N–H and O–H groups in total. The van der Waals surface area contributed by atoms with E-state index in [9.17, 15) is 9.90 Å². The Balaban J connectivity index is 2.85. The number of benzene rings is 1. The Labute approximate surface area is 114 Å². The van der Waals surface area contributed by atoms with Crippen LogP contribution in [0.15, 0.2) is 72.9 Å². The average molecular weight is 254 g/mol. The van der Waals surface area contributed by atoms with Gasteiger partial charge in [-0.25, -0.2) is 4.79 Å². The lowest BCUT2D eigenvalue weighted by atomic mass is 10.00. The van der Waals surface area contributed by atoms with Crippen molar-refractivity contribution in [1.82, 2.24) is 0 Å². The van der Waals surface area contributed by atoms with Crippen LogP contribution in [0.3, 0.4) is 0 Å². The molecule has 1 atom stereocenters. The fourth-order valence-corrected chi connectivity index (χ4v) is 1.59. The Bertz CT molecular complexity index is 507. The summed E-state index contributed by atoms with van der Waals surface area (Å²) >= 11 is 0. The van der Waals surface area contributed by atoms with Crippen molar-refractivity contribution in [3.63, 3.8) is 0 Å². The van der Waals surface area contributed by atoms with Crippen LogP contribution in [0.4, 0.5) is 0 Å². The molecule has 0 aliphatic carbocycles. The molecule has 0 aliphatic heterocycles. The number of carboxylic acid groups (broad SMARTS) is 1. The van der Waals surface area contributed by atoms with Gasteiger partial charge in [0.15, 0.2) is 0 Å². The molecule has 1 aromatic carbocycles. The van der Waals surface area contributed by atoms with Crippen LogP contribution >= 0.6 is 0 Å². The monoisotopic (exact) mass is 254 g/mol. The van der Waals surface area contributed by atoms with Gasteiger partial charge in [0, 0.05) is 11.5 Å². The lowest BCUT2D eigenvalue weighted by Crippen LogP contribution is -2.07. The molecule has 2 nitrogen and oxygen atoms in total. The van der Waals surface area contributed by atoms with Gasteiger partial charge >= 0.3 is 5.97 Å². The van der Waals surface area contributed by atoms with Crippen molar-refractivity contribution in [2.45, 2.75) is 6.92 Å². The highest BCUT2D eigenvalue weighted by molar-refractivity contribution is 5.88. The molecule has 19 heavy (non-hydrogen) atoms. The predicted octanol–water partition coefficient (Wildman–Crippen LogP) is 4.09. The summed E-state index contributed by atoms with van der Waals surface area (Å²) in [6, 6.07) is 9.75. The van der Waals surface area contributed by atoms with Gasteiger partial charge in [0.25, 0.3) is 0 Å². The Kier molecular flexibility index (Phi) is 6.10. The summed E-state index contributed by atoms with van der Waals surface area (Å²) in [5, 5.41) is 9.18. The largest absolute Gasteiger partial charge is 0.478 e. The first-order chi connectivity index (χ1) is 9.15. The van der Waals surface area contributed by atoms with Crippen LogP contribution in [-0.4, -0.2) is 11.1 Å². The number of rotatable bonds is 6. The Morgan fingerprint density at radius 2 is 1.95 bits per heavy atom. The SMILES string of the molecule is C=CC=CC(C)C(=CC=Cc1ccccc1)C(=O)O. The second-order valence-electron chi connectivity index (χ2n) is 4.11. The van der Waals surface area contributed by atoms with E-state index in [1.807, 2.05) is 49.4 Å². The van der Waals surface area contributed by atoms with Crippen molar-refractivity contribution in [2.75, 3.05) is 0 Å². The van der Waals surface area contributed by atoms with E-state index < -0.39 is 5.97 Å². The fourth-order valence-electron chi connectivity index (χ4n) is 1.59. The van der Waals surface area contributed by atoms with E-state index in [0.717, 1.165) is 5.56 Å². The van der Waals surface area contributed by atoms with E-state index in [2.05, 4.69) is 6.58 Å². The molecule has 0 aromatic heterocycles. The standard InChI is InChI=1S/C17H18O2/c1-3-4-9-14(2)16(17(18)19)13-8-12-15-10-6-5-7-11-15/h3-14H,1H2,2H3,(H,18,19). The molecule has 0 radical (unpaired) electrons. The van der Waals surface area contributed by atoms with Crippen LogP contribution in [0.2, 0.25) is 0 Å². The minimum Gasteiger partial charge on any atom is -0.478 e. The summed E-state index contributed by atoms with van der Waals surface area (Å²) in [6.07, 6.45) is 10.5. The quantitative estimate of drug-likeness (QED) is 0.613. The molecule has 0 saturated heterocycles. The Morgan fingerprint density at radius 1 is 1.26 bits per heavy atom. The van der Waals surface area contributed by atoms with Crippen LogP contribution in [0.1, 0.15) is 12.5 Å². The summed E-state index contributed by atoms with van der Waals surface area (Å²) in [5.41, 5.74) is 1.39. The molecule has 0 amide bonds. The van der Waals surface area contributed by atoms with Gasteiger partial charge in [-0.15, -0.1) is 0 Å².